The second-order valence-electron chi connectivity index (χ2n) is 8.59. The monoisotopic (exact) mass is 416 g/mol. The van der Waals surface area contributed by atoms with E-state index in [1.54, 1.807) is 0 Å². The van der Waals surface area contributed by atoms with E-state index in [0.29, 0.717) is 6.61 Å². The molecule has 3 heterocycles. The van der Waals surface area contributed by atoms with Gasteiger partial charge in [0.2, 0.25) is 0 Å². The number of hydrogen-bond donors (Lipinski definition) is 0. The van der Waals surface area contributed by atoms with E-state index in [1.165, 1.54) is 5.56 Å². The van der Waals surface area contributed by atoms with Crippen LogP contribution >= 0.6 is 0 Å². The van der Waals surface area contributed by atoms with Crippen molar-refractivity contribution in [3.8, 4) is 16.9 Å². The highest BCUT2D eigenvalue weighted by atomic mass is 16.5. The molecular formula is C26H28N2O3. The maximum absolute atomic E-state index is 12.5. The fourth-order valence-electron chi connectivity index (χ4n) is 4.48. The molecular weight excluding hydrogens is 388 g/mol. The Balaban J connectivity index is 1.19. The Morgan fingerprint density at radius 1 is 1.03 bits per heavy atom. The van der Waals surface area contributed by atoms with Gasteiger partial charge in [-0.3, -0.25) is 9.78 Å². The van der Waals surface area contributed by atoms with Gasteiger partial charge < -0.3 is 14.4 Å². The van der Waals surface area contributed by atoms with Crippen LogP contribution in [-0.4, -0.2) is 47.7 Å². The zero-order valence-corrected chi connectivity index (χ0v) is 17.9. The molecule has 0 saturated carbocycles. The first-order valence-corrected chi connectivity index (χ1v) is 11.2. The van der Waals surface area contributed by atoms with Crippen LogP contribution in [-0.2, 0) is 9.53 Å². The van der Waals surface area contributed by atoms with E-state index < -0.39 is 0 Å². The second kappa shape index (κ2) is 8.67. The number of amides is 1. The number of nitrogens with zero attached hydrogens (tertiary/aromatic N) is 2. The number of carbonyl (C=O) groups is 1. The molecule has 2 aromatic carbocycles. The molecule has 2 saturated heterocycles. The lowest BCUT2D eigenvalue weighted by Crippen LogP contribution is -2.45. The van der Waals surface area contributed by atoms with Crippen molar-refractivity contribution in [2.45, 2.75) is 44.8 Å². The number of likely N-dealkylation sites (tertiary alicyclic amines) is 1. The minimum Gasteiger partial charge on any atom is -0.490 e. The SMILES string of the molecule is Cc1ccc2cc(-c3ccc(OC4CCN(C(=O)[C@H]5CCCO5)CC4)cc3)cnc2c1. The van der Waals surface area contributed by atoms with Gasteiger partial charge in [-0.05, 0) is 55.2 Å². The fraction of sp³-hybridized carbons (Fsp3) is 0.385. The maximum atomic E-state index is 12.5. The predicted octanol–water partition coefficient (Wildman–Crippen LogP) is 4.76. The van der Waals surface area contributed by atoms with Crippen molar-refractivity contribution in [2.24, 2.45) is 0 Å². The molecule has 0 spiro atoms. The van der Waals surface area contributed by atoms with Gasteiger partial charge >= 0.3 is 0 Å². The van der Waals surface area contributed by atoms with Gasteiger partial charge in [-0.1, -0.05) is 24.3 Å². The van der Waals surface area contributed by atoms with Crippen molar-refractivity contribution >= 4 is 16.8 Å². The van der Waals surface area contributed by atoms with Gasteiger partial charge in [0.1, 0.15) is 18.0 Å². The van der Waals surface area contributed by atoms with Crippen molar-refractivity contribution in [1.82, 2.24) is 9.88 Å². The number of hydrogen-bond acceptors (Lipinski definition) is 4. The molecule has 31 heavy (non-hydrogen) atoms. The fourth-order valence-corrected chi connectivity index (χ4v) is 4.48. The zero-order valence-electron chi connectivity index (χ0n) is 17.9. The average molecular weight is 417 g/mol. The molecule has 3 aromatic rings. The van der Waals surface area contributed by atoms with Crippen LogP contribution in [0.4, 0.5) is 0 Å². The third-order valence-electron chi connectivity index (χ3n) is 6.29. The van der Waals surface area contributed by atoms with Gasteiger partial charge in [-0.15, -0.1) is 0 Å². The summed E-state index contributed by atoms with van der Waals surface area (Å²) < 4.78 is 11.7. The molecule has 1 aromatic heterocycles. The Hall–Kier alpha value is -2.92. The van der Waals surface area contributed by atoms with Crippen LogP contribution in [0.1, 0.15) is 31.2 Å². The number of aryl methyl sites for hydroxylation is 1. The summed E-state index contributed by atoms with van der Waals surface area (Å²) in [4.78, 5) is 19.0. The summed E-state index contributed by atoms with van der Waals surface area (Å²) in [6, 6.07) is 16.7. The number of piperidine rings is 1. The summed E-state index contributed by atoms with van der Waals surface area (Å²) in [6.45, 7) is 4.27. The van der Waals surface area contributed by atoms with Gasteiger partial charge in [0.05, 0.1) is 5.52 Å². The molecule has 0 bridgehead atoms. The van der Waals surface area contributed by atoms with Gasteiger partial charge in [0.25, 0.3) is 5.91 Å². The summed E-state index contributed by atoms with van der Waals surface area (Å²) in [6.07, 6.45) is 5.40. The first-order valence-electron chi connectivity index (χ1n) is 11.2. The van der Waals surface area contributed by atoms with Gasteiger partial charge in [-0.25, -0.2) is 0 Å². The van der Waals surface area contributed by atoms with E-state index in [-0.39, 0.29) is 18.1 Å². The molecule has 2 aliphatic heterocycles. The number of benzene rings is 2. The van der Waals surface area contributed by atoms with Crippen LogP contribution in [0.2, 0.25) is 0 Å². The third kappa shape index (κ3) is 4.42. The summed E-state index contributed by atoms with van der Waals surface area (Å²) in [5, 5.41) is 1.15. The normalized spacial score (nSPS) is 19.6. The largest absolute Gasteiger partial charge is 0.490 e. The molecule has 0 N–H and O–H groups in total. The Morgan fingerprint density at radius 2 is 1.84 bits per heavy atom. The summed E-state index contributed by atoms with van der Waals surface area (Å²) >= 11 is 0. The second-order valence-corrected chi connectivity index (χ2v) is 8.59. The lowest BCUT2D eigenvalue weighted by Gasteiger charge is -2.33. The molecule has 0 radical (unpaired) electrons. The van der Waals surface area contributed by atoms with Crippen LogP contribution in [0.15, 0.2) is 54.7 Å². The molecule has 5 heteroatoms. The van der Waals surface area contributed by atoms with E-state index in [0.717, 1.165) is 66.6 Å². The van der Waals surface area contributed by atoms with Crippen LogP contribution in [0.3, 0.4) is 0 Å². The van der Waals surface area contributed by atoms with Crippen LogP contribution in [0, 0.1) is 6.92 Å². The third-order valence-corrected chi connectivity index (χ3v) is 6.29. The van der Waals surface area contributed by atoms with E-state index in [1.807, 2.05) is 23.2 Å². The van der Waals surface area contributed by atoms with E-state index in [4.69, 9.17) is 9.47 Å². The molecule has 5 nitrogen and oxygen atoms in total. The molecule has 1 amide bonds. The number of fused-ring (bicyclic) bond motifs is 1. The van der Waals surface area contributed by atoms with Crippen molar-refractivity contribution in [3.05, 3.63) is 60.3 Å². The summed E-state index contributed by atoms with van der Waals surface area (Å²) in [7, 11) is 0. The highest BCUT2D eigenvalue weighted by Crippen LogP contribution is 2.27. The van der Waals surface area contributed by atoms with Gasteiger partial charge in [-0.2, -0.15) is 0 Å². The zero-order chi connectivity index (χ0) is 21.2. The molecule has 0 aliphatic carbocycles. The number of aromatic nitrogens is 1. The van der Waals surface area contributed by atoms with Gasteiger partial charge in [0, 0.05) is 49.7 Å². The lowest BCUT2D eigenvalue weighted by molar-refractivity contribution is -0.142. The Labute approximate surface area is 183 Å². The molecule has 1 atom stereocenters. The topological polar surface area (TPSA) is 51.7 Å². The number of pyridine rings is 1. The van der Waals surface area contributed by atoms with Crippen molar-refractivity contribution in [2.75, 3.05) is 19.7 Å². The summed E-state index contributed by atoms with van der Waals surface area (Å²) in [5.74, 6) is 1.02. The van der Waals surface area contributed by atoms with Crippen LogP contribution < -0.4 is 4.74 Å². The highest BCUT2D eigenvalue weighted by molar-refractivity contribution is 5.84. The maximum Gasteiger partial charge on any atom is 0.251 e. The minimum absolute atomic E-state index is 0.143. The van der Waals surface area contributed by atoms with E-state index in [2.05, 4.69) is 48.3 Å². The highest BCUT2D eigenvalue weighted by Gasteiger charge is 2.31. The Bertz CT molecular complexity index is 1070. The van der Waals surface area contributed by atoms with Crippen molar-refractivity contribution in [3.63, 3.8) is 0 Å². The number of rotatable bonds is 4. The first kappa shape index (κ1) is 20.0. The van der Waals surface area contributed by atoms with E-state index >= 15 is 0 Å². The Kier molecular flexibility index (Phi) is 5.60. The first-order chi connectivity index (χ1) is 15.2. The van der Waals surface area contributed by atoms with Crippen molar-refractivity contribution in [1.29, 1.82) is 0 Å². The molecule has 160 valence electrons. The summed E-state index contributed by atoms with van der Waals surface area (Å²) in [5.41, 5.74) is 4.47. The van der Waals surface area contributed by atoms with Crippen molar-refractivity contribution < 1.29 is 14.3 Å². The average Bonchev–Trinajstić information content (AvgIpc) is 3.34. The Morgan fingerprint density at radius 3 is 2.58 bits per heavy atom. The minimum atomic E-state index is -0.223. The molecule has 2 aliphatic rings. The van der Waals surface area contributed by atoms with E-state index in [9.17, 15) is 4.79 Å². The molecule has 0 unspecified atom stereocenters. The van der Waals surface area contributed by atoms with Gasteiger partial charge in [0.15, 0.2) is 0 Å². The smallest absolute Gasteiger partial charge is 0.251 e. The molecule has 5 rings (SSSR count). The van der Waals surface area contributed by atoms with Crippen LogP contribution in [0.5, 0.6) is 5.75 Å². The molecule has 2 fully saturated rings. The number of carbonyl (C=O) groups excluding carboxylic acids is 1. The number of ether oxygens (including phenoxy) is 2. The quantitative estimate of drug-likeness (QED) is 0.615. The lowest BCUT2D eigenvalue weighted by atomic mass is 10.0. The van der Waals surface area contributed by atoms with Crippen LogP contribution in [0.25, 0.3) is 22.0 Å². The standard InChI is InChI=1S/C26H28N2O3/c1-18-4-5-20-16-21(17-27-24(20)15-18)19-6-8-22(9-7-19)31-23-10-12-28(13-11-23)26(29)25-3-2-14-30-25/h4-9,15-17,23,25H,2-3,10-14H2,1H3/t25-/m1/s1. The predicted molar refractivity (Wildman–Crippen MR) is 121 cm³/mol.